The van der Waals surface area contributed by atoms with Crippen LogP contribution in [0.15, 0.2) is 65.3 Å². The summed E-state index contributed by atoms with van der Waals surface area (Å²) in [7, 11) is 0. The van der Waals surface area contributed by atoms with Crippen molar-refractivity contribution in [1.82, 2.24) is 0 Å². The molecule has 1 aromatic heterocycles. The first kappa shape index (κ1) is 18.4. The number of furan rings is 1. The highest BCUT2D eigenvalue weighted by atomic mass is 32.2. The summed E-state index contributed by atoms with van der Waals surface area (Å²) in [5.74, 6) is 0.538. The van der Waals surface area contributed by atoms with Crippen LogP contribution in [0.5, 0.6) is 0 Å². The Kier molecular flexibility index (Phi) is 4.96. The predicted octanol–water partition coefficient (Wildman–Crippen LogP) is 4.93. The van der Waals surface area contributed by atoms with Crippen LogP contribution in [0, 0.1) is 13.8 Å². The Morgan fingerprint density at radius 1 is 1.11 bits per heavy atom. The summed E-state index contributed by atoms with van der Waals surface area (Å²) >= 11 is 1.61. The molecule has 0 bridgehead atoms. The van der Waals surface area contributed by atoms with Crippen molar-refractivity contribution >= 4 is 35.0 Å². The number of carbonyl (C=O) groups excluding carboxylic acids is 2. The molecule has 3 aromatic rings. The third-order valence-corrected chi connectivity index (χ3v) is 6.11. The Hall–Kier alpha value is -2.99. The van der Waals surface area contributed by atoms with Crippen LogP contribution in [0.25, 0.3) is 0 Å². The zero-order valence-corrected chi connectivity index (χ0v) is 16.5. The molecule has 0 aliphatic carbocycles. The molecule has 1 fully saturated rings. The summed E-state index contributed by atoms with van der Waals surface area (Å²) in [6.07, 6.45) is 1.47. The predicted molar refractivity (Wildman–Crippen MR) is 112 cm³/mol. The number of carbonyl (C=O) groups is 2. The molecule has 0 spiro atoms. The largest absolute Gasteiger partial charge is 0.459 e. The molecule has 1 saturated heterocycles. The molecular weight excluding hydrogens is 372 g/mol. The third kappa shape index (κ3) is 3.43. The molecule has 1 N–H and O–H groups in total. The summed E-state index contributed by atoms with van der Waals surface area (Å²) in [6.45, 7) is 4.10. The Balaban J connectivity index is 1.57. The minimum Gasteiger partial charge on any atom is -0.459 e. The molecule has 28 heavy (non-hydrogen) atoms. The number of benzene rings is 2. The zero-order valence-electron chi connectivity index (χ0n) is 15.6. The van der Waals surface area contributed by atoms with Gasteiger partial charge in [0, 0.05) is 11.4 Å². The topological polar surface area (TPSA) is 62.6 Å². The summed E-state index contributed by atoms with van der Waals surface area (Å²) in [5.41, 5.74) is 4.93. The van der Waals surface area contributed by atoms with Crippen molar-refractivity contribution in [3.8, 4) is 0 Å². The van der Waals surface area contributed by atoms with Crippen LogP contribution in [-0.2, 0) is 4.79 Å². The van der Waals surface area contributed by atoms with Gasteiger partial charge in [0.05, 0.1) is 12.0 Å². The number of anilines is 2. The molecule has 2 aromatic carbocycles. The van der Waals surface area contributed by atoms with E-state index in [9.17, 15) is 9.59 Å². The summed E-state index contributed by atoms with van der Waals surface area (Å²) < 4.78 is 5.11. The number of aryl methyl sites for hydroxylation is 1. The van der Waals surface area contributed by atoms with E-state index in [1.165, 1.54) is 6.26 Å². The molecule has 0 saturated carbocycles. The molecule has 1 aliphatic rings. The van der Waals surface area contributed by atoms with Crippen molar-refractivity contribution in [2.24, 2.45) is 0 Å². The van der Waals surface area contributed by atoms with E-state index in [0.717, 1.165) is 22.4 Å². The van der Waals surface area contributed by atoms with Gasteiger partial charge in [0.15, 0.2) is 5.76 Å². The van der Waals surface area contributed by atoms with Gasteiger partial charge in [0.1, 0.15) is 5.37 Å². The molecule has 1 aliphatic heterocycles. The van der Waals surface area contributed by atoms with Crippen molar-refractivity contribution in [2.45, 2.75) is 19.2 Å². The van der Waals surface area contributed by atoms with Gasteiger partial charge in [-0.1, -0.05) is 24.3 Å². The lowest BCUT2D eigenvalue weighted by Gasteiger charge is -2.26. The molecular formula is C22H20N2O3S. The molecule has 1 atom stereocenters. The van der Waals surface area contributed by atoms with Crippen molar-refractivity contribution in [2.75, 3.05) is 16.0 Å². The number of thioether (sulfide) groups is 1. The number of amides is 2. The highest BCUT2D eigenvalue weighted by Crippen LogP contribution is 2.43. The minimum atomic E-state index is -0.291. The summed E-state index contributed by atoms with van der Waals surface area (Å²) in [6, 6.07) is 16.9. The monoisotopic (exact) mass is 392 g/mol. The van der Waals surface area contributed by atoms with Crippen molar-refractivity contribution in [1.29, 1.82) is 0 Å². The first-order chi connectivity index (χ1) is 13.5. The first-order valence-corrected chi connectivity index (χ1v) is 10.0. The highest BCUT2D eigenvalue weighted by Gasteiger charge is 2.34. The van der Waals surface area contributed by atoms with E-state index in [0.29, 0.717) is 11.4 Å². The van der Waals surface area contributed by atoms with E-state index in [2.05, 4.69) is 18.3 Å². The lowest BCUT2D eigenvalue weighted by Crippen LogP contribution is -2.28. The highest BCUT2D eigenvalue weighted by molar-refractivity contribution is 8.00. The standard InChI is InChI=1S/C22H20N2O3S/c1-14-5-3-6-18(15(14)2)24-20(25)13-28-22(24)16-8-10-17(11-9-16)23-21(26)19-7-4-12-27-19/h3-12,22H,13H2,1-2H3,(H,23,26)/t22-/m1/s1. The molecule has 2 amide bonds. The number of hydrogen-bond acceptors (Lipinski definition) is 4. The van der Waals surface area contributed by atoms with Crippen LogP contribution in [0.3, 0.4) is 0 Å². The van der Waals surface area contributed by atoms with Crippen LogP contribution >= 0.6 is 11.8 Å². The van der Waals surface area contributed by atoms with Crippen molar-refractivity contribution < 1.29 is 14.0 Å². The molecule has 6 heteroatoms. The van der Waals surface area contributed by atoms with E-state index in [-0.39, 0.29) is 22.9 Å². The number of nitrogens with zero attached hydrogens (tertiary/aromatic N) is 1. The zero-order chi connectivity index (χ0) is 19.7. The van der Waals surface area contributed by atoms with Gasteiger partial charge in [0.2, 0.25) is 5.91 Å². The fraction of sp³-hybridized carbons (Fsp3) is 0.182. The van der Waals surface area contributed by atoms with Crippen LogP contribution in [0.2, 0.25) is 0 Å². The average Bonchev–Trinajstić information content (AvgIpc) is 3.35. The maximum absolute atomic E-state index is 12.6. The van der Waals surface area contributed by atoms with E-state index in [1.54, 1.807) is 23.9 Å². The lowest BCUT2D eigenvalue weighted by molar-refractivity contribution is -0.115. The van der Waals surface area contributed by atoms with E-state index in [4.69, 9.17) is 4.42 Å². The molecule has 2 heterocycles. The van der Waals surface area contributed by atoms with E-state index >= 15 is 0 Å². The Labute approximate surface area is 167 Å². The Morgan fingerprint density at radius 2 is 1.89 bits per heavy atom. The second kappa shape index (κ2) is 7.56. The van der Waals surface area contributed by atoms with Crippen LogP contribution < -0.4 is 10.2 Å². The van der Waals surface area contributed by atoms with Crippen LogP contribution in [0.1, 0.15) is 32.6 Å². The Morgan fingerprint density at radius 3 is 2.61 bits per heavy atom. The second-order valence-corrected chi connectivity index (χ2v) is 7.77. The second-order valence-electron chi connectivity index (χ2n) is 6.70. The number of rotatable bonds is 4. The maximum atomic E-state index is 12.6. The number of nitrogens with one attached hydrogen (secondary N) is 1. The number of hydrogen-bond donors (Lipinski definition) is 1. The van der Waals surface area contributed by atoms with E-state index in [1.807, 2.05) is 48.2 Å². The maximum Gasteiger partial charge on any atom is 0.291 e. The fourth-order valence-electron chi connectivity index (χ4n) is 3.26. The SMILES string of the molecule is Cc1cccc(N2C(=O)CS[C@@H]2c2ccc(NC(=O)c3ccco3)cc2)c1C. The average molecular weight is 392 g/mol. The molecule has 0 radical (unpaired) electrons. The normalized spacial score (nSPS) is 16.4. The van der Waals surface area contributed by atoms with Crippen molar-refractivity contribution in [3.63, 3.8) is 0 Å². The fourth-order valence-corrected chi connectivity index (χ4v) is 4.43. The van der Waals surface area contributed by atoms with Gasteiger partial charge < -0.3 is 9.73 Å². The molecule has 4 rings (SSSR count). The molecule has 142 valence electrons. The Bertz CT molecular complexity index is 1010. The quantitative estimate of drug-likeness (QED) is 0.684. The molecule has 5 nitrogen and oxygen atoms in total. The first-order valence-electron chi connectivity index (χ1n) is 8.99. The van der Waals surface area contributed by atoms with Gasteiger partial charge in [-0.2, -0.15) is 0 Å². The van der Waals surface area contributed by atoms with Gasteiger partial charge in [-0.15, -0.1) is 11.8 Å². The smallest absolute Gasteiger partial charge is 0.291 e. The van der Waals surface area contributed by atoms with Gasteiger partial charge >= 0.3 is 0 Å². The lowest BCUT2D eigenvalue weighted by atomic mass is 10.1. The summed E-state index contributed by atoms with van der Waals surface area (Å²) in [5, 5.41) is 2.73. The van der Waals surface area contributed by atoms with Gasteiger partial charge in [-0.25, -0.2) is 0 Å². The van der Waals surface area contributed by atoms with Gasteiger partial charge in [0.25, 0.3) is 5.91 Å². The minimum absolute atomic E-state index is 0.0807. The van der Waals surface area contributed by atoms with Crippen LogP contribution in [0.4, 0.5) is 11.4 Å². The van der Waals surface area contributed by atoms with E-state index < -0.39 is 0 Å². The van der Waals surface area contributed by atoms with Crippen molar-refractivity contribution in [3.05, 3.63) is 83.3 Å². The van der Waals surface area contributed by atoms with Gasteiger partial charge in [-0.05, 0) is 60.9 Å². The van der Waals surface area contributed by atoms with Crippen LogP contribution in [-0.4, -0.2) is 17.6 Å². The molecule has 0 unspecified atom stereocenters. The third-order valence-electron chi connectivity index (χ3n) is 4.90. The van der Waals surface area contributed by atoms with Gasteiger partial charge in [-0.3, -0.25) is 14.5 Å². The summed E-state index contributed by atoms with van der Waals surface area (Å²) in [4.78, 5) is 26.6.